The van der Waals surface area contributed by atoms with Crippen LogP contribution in [0, 0.1) is 11.3 Å². The third-order valence-corrected chi connectivity index (χ3v) is 1.31. The highest BCUT2D eigenvalue weighted by Gasteiger charge is 1.90. The minimum Gasteiger partial charge on any atom is -0.355 e. The number of nitrogens with zero attached hydrogens (tertiary/aromatic N) is 1. The second-order valence-electron chi connectivity index (χ2n) is 2.35. The molecule has 0 aliphatic rings. The number of nitriles is 1. The van der Waals surface area contributed by atoms with E-state index in [2.05, 4.69) is 5.32 Å². The predicted octanol–water partition coefficient (Wildman–Crippen LogP) is 1.15. The van der Waals surface area contributed by atoms with Crippen molar-refractivity contribution in [3.8, 4) is 6.07 Å². The lowest BCUT2D eigenvalue weighted by molar-refractivity contribution is -0.109. The van der Waals surface area contributed by atoms with Gasteiger partial charge in [0.15, 0.2) is 0 Å². The highest BCUT2D eigenvalue weighted by molar-refractivity contribution is 5.47. The van der Waals surface area contributed by atoms with E-state index in [-0.39, 0.29) is 0 Å². The average Bonchev–Trinajstić information content (AvgIpc) is 2.10. The van der Waals surface area contributed by atoms with Crippen LogP contribution in [0.15, 0.2) is 23.3 Å². The molecule has 64 valence electrons. The van der Waals surface area contributed by atoms with E-state index in [1.165, 1.54) is 0 Å². The molecule has 0 unspecified atom stereocenters. The Labute approximate surface area is 72.4 Å². The number of allylic oxidation sites excluding steroid dienone is 3. The van der Waals surface area contributed by atoms with Gasteiger partial charge in [0.1, 0.15) is 0 Å². The Morgan fingerprint density at radius 3 is 2.75 bits per heavy atom. The molecule has 0 rings (SSSR count). The van der Waals surface area contributed by atoms with Gasteiger partial charge in [-0.3, -0.25) is 4.79 Å². The summed E-state index contributed by atoms with van der Waals surface area (Å²) in [5.41, 5.74) is 1.57. The van der Waals surface area contributed by atoms with Gasteiger partial charge in [-0.1, -0.05) is 11.6 Å². The molecule has 0 atom stereocenters. The van der Waals surface area contributed by atoms with Gasteiger partial charge >= 0.3 is 0 Å². The van der Waals surface area contributed by atoms with Crippen molar-refractivity contribution in [1.82, 2.24) is 5.32 Å². The molecule has 0 saturated carbocycles. The fourth-order valence-electron chi connectivity index (χ4n) is 0.699. The number of amides is 1. The van der Waals surface area contributed by atoms with Crippen molar-refractivity contribution in [3.05, 3.63) is 23.3 Å². The summed E-state index contributed by atoms with van der Waals surface area (Å²) in [6.07, 6.45) is 4.11. The van der Waals surface area contributed by atoms with Crippen LogP contribution in [0.5, 0.6) is 0 Å². The average molecular weight is 164 g/mol. The summed E-state index contributed by atoms with van der Waals surface area (Å²) in [6, 6.07) is 2.03. The van der Waals surface area contributed by atoms with Crippen LogP contribution in [0.25, 0.3) is 0 Å². The molecular formula is C9H12N2O. The molecule has 3 nitrogen and oxygen atoms in total. The van der Waals surface area contributed by atoms with E-state index >= 15 is 0 Å². The van der Waals surface area contributed by atoms with Gasteiger partial charge in [-0.25, -0.2) is 0 Å². The van der Waals surface area contributed by atoms with Gasteiger partial charge in [-0.15, -0.1) is 0 Å². The van der Waals surface area contributed by atoms with Crippen LogP contribution < -0.4 is 5.32 Å². The van der Waals surface area contributed by atoms with Crippen LogP contribution in [0.3, 0.4) is 0 Å². The lowest BCUT2D eigenvalue weighted by atomic mass is 10.2. The SMILES string of the molecule is C/C=C(C#N)\C=C(/C)CNC=O. The fourth-order valence-corrected chi connectivity index (χ4v) is 0.699. The molecule has 0 radical (unpaired) electrons. The molecule has 0 fully saturated rings. The standard InChI is InChI=1S/C9H12N2O/c1-3-9(5-10)4-8(2)6-11-7-12/h3-4,7H,6H2,1-2H3,(H,11,12)/b8-4+,9-3+. The molecule has 0 aromatic rings. The normalized spacial score (nSPS) is 12.1. The molecule has 0 aromatic carbocycles. The molecule has 1 N–H and O–H groups in total. The largest absolute Gasteiger partial charge is 0.355 e. The summed E-state index contributed by atoms with van der Waals surface area (Å²) in [6.45, 7) is 4.15. The first-order valence-electron chi connectivity index (χ1n) is 3.65. The first-order chi connectivity index (χ1) is 5.74. The molecule has 0 aromatic heterocycles. The van der Waals surface area contributed by atoms with E-state index in [4.69, 9.17) is 5.26 Å². The molecule has 0 bridgehead atoms. The summed E-state index contributed by atoms with van der Waals surface area (Å²) in [5, 5.41) is 11.1. The molecule has 12 heavy (non-hydrogen) atoms. The summed E-state index contributed by atoms with van der Waals surface area (Å²) in [5.74, 6) is 0. The van der Waals surface area contributed by atoms with E-state index in [0.29, 0.717) is 18.5 Å². The van der Waals surface area contributed by atoms with Crippen molar-refractivity contribution in [2.24, 2.45) is 0 Å². The van der Waals surface area contributed by atoms with Gasteiger partial charge in [0.2, 0.25) is 6.41 Å². The Kier molecular flexibility index (Phi) is 5.37. The summed E-state index contributed by atoms with van der Waals surface area (Å²) >= 11 is 0. The molecule has 0 saturated heterocycles. The second kappa shape index (κ2) is 6.17. The maximum atomic E-state index is 9.92. The van der Waals surface area contributed by atoms with Crippen LogP contribution in [0.1, 0.15) is 13.8 Å². The van der Waals surface area contributed by atoms with Gasteiger partial charge in [-0.05, 0) is 19.9 Å². The van der Waals surface area contributed by atoms with Crippen molar-refractivity contribution in [3.63, 3.8) is 0 Å². The Balaban J connectivity index is 4.16. The molecule has 0 heterocycles. The maximum Gasteiger partial charge on any atom is 0.207 e. The van der Waals surface area contributed by atoms with Gasteiger partial charge in [0, 0.05) is 12.1 Å². The topological polar surface area (TPSA) is 52.9 Å². The molecule has 3 heteroatoms. The van der Waals surface area contributed by atoms with Crippen molar-refractivity contribution < 1.29 is 4.79 Å². The van der Waals surface area contributed by atoms with E-state index in [1.807, 2.05) is 13.0 Å². The van der Waals surface area contributed by atoms with E-state index < -0.39 is 0 Å². The minimum absolute atomic E-state index is 0.489. The lowest BCUT2D eigenvalue weighted by Crippen LogP contribution is -2.12. The summed E-state index contributed by atoms with van der Waals surface area (Å²) in [7, 11) is 0. The fraction of sp³-hybridized carbons (Fsp3) is 0.333. The minimum atomic E-state index is 0.489. The molecule has 1 amide bonds. The summed E-state index contributed by atoms with van der Waals surface area (Å²) < 4.78 is 0. The number of carbonyl (C=O) groups excluding carboxylic acids is 1. The van der Waals surface area contributed by atoms with E-state index in [0.717, 1.165) is 5.57 Å². The second-order valence-corrected chi connectivity index (χ2v) is 2.35. The van der Waals surface area contributed by atoms with E-state index in [1.54, 1.807) is 19.1 Å². The number of carbonyl (C=O) groups is 1. The smallest absolute Gasteiger partial charge is 0.207 e. The zero-order chi connectivity index (χ0) is 9.40. The maximum absolute atomic E-state index is 9.92. The monoisotopic (exact) mass is 164 g/mol. The van der Waals surface area contributed by atoms with Crippen LogP contribution in [-0.4, -0.2) is 13.0 Å². The van der Waals surface area contributed by atoms with Crippen molar-refractivity contribution in [2.45, 2.75) is 13.8 Å². The number of hydrogen-bond acceptors (Lipinski definition) is 2. The predicted molar refractivity (Wildman–Crippen MR) is 47.2 cm³/mol. The highest BCUT2D eigenvalue weighted by atomic mass is 16.1. The first kappa shape index (κ1) is 10.4. The quantitative estimate of drug-likeness (QED) is 0.385. The molecule has 0 aliphatic heterocycles. The third kappa shape index (κ3) is 4.29. The van der Waals surface area contributed by atoms with Crippen LogP contribution in [-0.2, 0) is 4.79 Å². The van der Waals surface area contributed by atoms with Crippen molar-refractivity contribution >= 4 is 6.41 Å². The zero-order valence-electron chi connectivity index (χ0n) is 7.29. The molecule has 0 spiro atoms. The van der Waals surface area contributed by atoms with Gasteiger partial charge < -0.3 is 5.32 Å². The Bertz CT molecular complexity index is 246. The lowest BCUT2D eigenvalue weighted by Gasteiger charge is -1.97. The van der Waals surface area contributed by atoms with Crippen LogP contribution >= 0.6 is 0 Å². The summed E-state index contributed by atoms with van der Waals surface area (Å²) in [4.78, 5) is 9.92. The zero-order valence-corrected chi connectivity index (χ0v) is 7.29. The molecule has 0 aliphatic carbocycles. The Morgan fingerprint density at radius 1 is 1.67 bits per heavy atom. The Hall–Kier alpha value is -1.56. The Morgan fingerprint density at radius 2 is 2.33 bits per heavy atom. The number of rotatable bonds is 4. The van der Waals surface area contributed by atoms with Crippen LogP contribution in [0.4, 0.5) is 0 Å². The first-order valence-corrected chi connectivity index (χ1v) is 3.65. The van der Waals surface area contributed by atoms with Crippen LogP contribution in [0.2, 0.25) is 0 Å². The van der Waals surface area contributed by atoms with Gasteiger partial charge in [0.25, 0.3) is 0 Å². The van der Waals surface area contributed by atoms with Crippen molar-refractivity contribution in [2.75, 3.05) is 6.54 Å². The third-order valence-electron chi connectivity index (χ3n) is 1.31. The number of nitrogens with one attached hydrogen (secondary N) is 1. The van der Waals surface area contributed by atoms with Gasteiger partial charge in [-0.2, -0.15) is 5.26 Å². The van der Waals surface area contributed by atoms with Gasteiger partial charge in [0.05, 0.1) is 6.07 Å². The van der Waals surface area contributed by atoms with E-state index in [9.17, 15) is 4.79 Å². The molecular weight excluding hydrogens is 152 g/mol. The number of hydrogen-bond donors (Lipinski definition) is 1. The van der Waals surface area contributed by atoms with Crippen molar-refractivity contribution in [1.29, 1.82) is 5.26 Å². The highest BCUT2D eigenvalue weighted by Crippen LogP contribution is 1.99.